The summed E-state index contributed by atoms with van der Waals surface area (Å²) >= 11 is 0. The summed E-state index contributed by atoms with van der Waals surface area (Å²) in [6, 6.07) is -4.53. The Bertz CT molecular complexity index is 2220. The van der Waals surface area contributed by atoms with Crippen LogP contribution in [0.4, 0.5) is 0 Å². The van der Waals surface area contributed by atoms with Gasteiger partial charge in [-0.3, -0.25) is 47.9 Å². The highest BCUT2D eigenvalue weighted by atomic mass is 16.3. The maximum absolute atomic E-state index is 14.7. The van der Waals surface area contributed by atoms with E-state index in [2.05, 4.69) is 47.5 Å². The molecule has 1 aliphatic carbocycles. The Kier molecular flexibility index (Phi) is 25.7. The summed E-state index contributed by atoms with van der Waals surface area (Å²) in [5, 5.41) is 21.9. The highest BCUT2D eigenvalue weighted by Crippen LogP contribution is 2.31. The number of rotatable bonds is 31. The number of hydrogen-bond acceptors (Lipinski definition) is 13. The first-order chi connectivity index (χ1) is 36.4. The van der Waals surface area contributed by atoms with E-state index in [0.29, 0.717) is 57.0 Å². The molecular formula is C55H94N12O11. The minimum atomic E-state index is -1.65. The molecule has 23 nitrogen and oxygen atoms in total. The highest BCUT2D eigenvalue weighted by molar-refractivity contribution is 6.00. The molecule has 10 N–H and O–H groups in total. The minimum absolute atomic E-state index is 0.00139. The molecule has 2 aliphatic rings. The molecule has 0 bridgehead atoms. The second-order valence-corrected chi connectivity index (χ2v) is 24.0. The third-order valence-corrected chi connectivity index (χ3v) is 14.1. The van der Waals surface area contributed by atoms with Gasteiger partial charge in [0.25, 0.3) is 5.91 Å². The summed E-state index contributed by atoms with van der Waals surface area (Å²) in [6.45, 7) is 22.5. The molecule has 2 heterocycles. The number of nitrogens with one attached hydrogen (secondary N) is 8. The minimum Gasteiger partial charge on any atom is -0.448 e. The Morgan fingerprint density at radius 3 is 1.72 bits per heavy atom. The molecule has 1 aliphatic heterocycles. The number of carbonyl (C=O) groups is 10. The fraction of sp³-hybridized carbons (Fsp3) is 0.764. The fourth-order valence-electron chi connectivity index (χ4n) is 9.74. The summed E-state index contributed by atoms with van der Waals surface area (Å²) < 4.78 is 5.31. The summed E-state index contributed by atoms with van der Waals surface area (Å²) in [4.78, 5) is 144. The lowest BCUT2D eigenvalue weighted by Crippen LogP contribution is -2.65. The van der Waals surface area contributed by atoms with Gasteiger partial charge in [0.2, 0.25) is 53.7 Å². The molecule has 2 fully saturated rings. The van der Waals surface area contributed by atoms with Gasteiger partial charge in [-0.1, -0.05) is 73.6 Å². The van der Waals surface area contributed by atoms with E-state index in [1.165, 1.54) is 57.6 Å². The van der Waals surface area contributed by atoms with Gasteiger partial charge >= 0.3 is 0 Å². The summed E-state index contributed by atoms with van der Waals surface area (Å²) in [6.07, 6.45) is 8.86. The van der Waals surface area contributed by atoms with Crippen molar-refractivity contribution < 1.29 is 52.4 Å². The molecule has 1 aromatic rings. The van der Waals surface area contributed by atoms with E-state index in [-0.39, 0.29) is 68.1 Å². The van der Waals surface area contributed by atoms with Crippen LogP contribution in [0.3, 0.4) is 0 Å². The maximum Gasteiger partial charge on any atom is 0.277 e. The number of nitrogens with two attached hydrogens (primary N) is 1. The monoisotopic (exact) mass is 1100 g/mol. The number of hydrogen-bond donors (Lipinski definition) is 9. The van der Waals surface area contributed by atoms with Gasteiger partial charge in [-0.05, 0) is 110 Å². The van der Waals surface area contributed by atoms with Gasteiger partial charge in [-0.15, -0.1) is 0 Å². The molecule has 10 amide bonds. The average Bonchev–Trinajstić information content (AvgIpc) is 4.03. The van der Waals surface area contributed by atoms with Crippen LogP contribution >= 0.6 is 0 Å². The predicted octanol–water partition coefficient (Wildman–Crippen LogP) is 2.59. The molecule has 1 saturated heterocycles. The number of amides is 10. The quantitative estimate of drug-likeness (QED) is 0.0484. The van der Waals surface area contributed by atoms with Gasteiger partial charge in [-0.2, -0.15) is 0 Å². The second kappa shape index (κ2) is 30.3. The van der Waals surface area contributed by atoms with E-state index in [1.807, 2.05) is 41.5 Å². The van der Waals surface area contributed by atoms with Crippen molar-refractivity contribution in [3.8, 4) is 0 Å². The van der Waals surface area contributed by atoms with Crippen LogP contribution in [-0.4, -0.2) is 147 Å². The van der Waals surface area contributed by atoms with E-state index in [9.17, 15) is 47.9 Å². The molecular weight excluding hydrogens is 1000 g/mol. The number of nitrogens with zero attached hydrogens (tertiary/aromatic N) is 3. The molecule has 3 rings (SSSR count). The van der Waals surface area contributed by atoms with Crippen molar-refractivity contribution in [2.75, 3.05) is 26.2 Å². The largest absolute Gasteiger partial charge is 0.448 e. The van der Waals surface area contributed by atoms with Crippen molar-refractivity contribution in [3.05, 3.63) is 17.8 Å². The Balaban J connectivity index is 1.79. The van der Waals surface area contributed by atoms with E-state index in [1.54, 1.807) is 6.92 Å². The van der Waals surface area contributed by atoms with E-state index < -0.39 is 94.2 Å². The maximum atomic E-state index is 14.7. The van der Waals surface area contributed by atoms with Crippen LogP contribution in [0.25, 0.3) is 0 Å². The molecule has 23 heteroatoms. The standard InChI is InChI=1S/C55H94N12O11/c1-33(2)28-38(45(70)60-39(29-34(3)4)46(71)64-55(12,13)52(77)65-53(8,9)50(75)58-25-23-43(69)57-26-24-56)62-51(76)54(10,11)63-47(72)40(30-35(5)6)61-48(73)42(22-21-37-18-15-14-16-19-37)67(32-68)44-20-17-27-66(44)49(74)41-31-78-36(7)59-41/h31-35,37-40,42,44H,14-30,56H2,1-13H3,(H,57,69)(H,58,75)(H,60,70)(H,61,73)(H,62,76)(H,63,72)(H,64,71)(H,65,77)/t38-,39-,40-,42-,44+/m0/s1. The van der Waals surface area contributed by atoms with Crippen molar-refractivity contribution in [1.82, 2.24) is 57.3 Å². The average molecular weight is 1100 g/mol. The van der Waals surface area contributed by atoms with Crippen molar-refractivity contribution >= 4 is 59.6 Å². The first-order valence-electron chi connectivity index (χ1n) is 28.0. The topological polar surface area (TPSA) is 325 Å². The SMILES string of the molecule is Cc1nc(C(=O)N2CCC[C@H]2N(C=O)[C@@H](CCC2CCCCC2)C(=O)N[C@@H](CC(C)C)C(=O)NC(C)(C)C(=O)N[C@@H](CC(C)C)C(=O)N[C@@H](CC(C)C)C(=O)NC(C)(C)C(=O)NC(C)(C)C(=O)NCCC(=O)NCCN)co1. The van der Waals surface area contributed by atoms with Gasteiger partial charge in [-0.25, -0.2) is 4.98 Å². The van der Waals surface area contributed by atoms with E-state index in [4.69, 9.17) is 10.2 Å². The molecule has 0 aromatic carbocycles. The number of oxazole rings is 1. The van der Waals surface area contributed by atoms with Crippen LogP contribution in [-0.2, 0) is 43.2 Å². The molecule has 0 radical (unpaired) electrons. The number of aromatic nitrogens is 1. The number of aryl methyl sites for hydroxylation is 1. The lowest BCUT2D eigenvalue weighted by atomic mass is 9.85. The molecule has 440 valence electrons. The van der Waals surface area contributed by atoms with Crippen molar-refractivity contribution in [2.24, 2.45) is 29.4 Å². The van der Waals surface area contributed by atoms with Gasteiger partial charge in [0, 0.05) is 39.5 Å². The smallest absolute Gasteiger partial charge is 0.277 e. The van der Waals surface area contributed by atoms with Crippen molar-refractivity contribution in [1.29, 1.82) is 0 Å². The lowest BCUT2D eigenvalue weighted by Gasteiger charge is -2.38. The highest BCUT2D eigenvalue weighted by Gasteiger charge is 2.43. The van der Waals surface area contributed by atoms with Crippen molar-refractivity contribution in [3.63, 3.8) is 0 Å². The predicted molar refractivity (Wildman–Crippen MR) is 293 cm³/mol. The molecule has 5 atom stereocenters. The Morgan fingerprint density at radius 2 is 1.21 bits per heavy atom. The third-order valence-electron chi connectivity index (χ3n) is 14.1. The Labute approximate surface area is 461 Å². The Hall–Kier alpha value is -6.13. The molecule has 0 spiro atoms. The van der Waals surface area contributed by atoms with E-state index >= 15 is 0 Å². The number of carbonyl (C=O) groups excluding carboxylic acids is 10. The third kappa shape index (κ3) is 20.6. The second-order valence-electron chi connectivity index (χ2n) is 24.0. The zero-order chi connectivity index (χ0) is 58.7. The lowest BCUT2D eigenvalue weighted by molar-refractivity contribution is -0.141. The zero-order valence-electron chi connectivity index (χ0n) is 48.8. The van der Waals surface area contributed by atoms with Crippen molar-refractivity contribution in [2.45, 2.75) is 220 Å². The van der Waals surface area contributed by atoms with Gasteiger partial charge in [0.15, 0.2) is 11.6 Å². The number of likely N-dealkylation sites (tertiary alicyclic amines) is 1. The molecule has 1 aromatic heterocycles. The Morgan fingerprint density at radius 1 is 0.679 bits per heavy atom. The summed E-state index contributed by atoms with van der Waals surface area (Å²) in [5.41, 5.74) is 0.824. The summed E-state index contributed by atoms with van der Waals surface area (Å²) in [7, 11) is 0. The van der Waals surface area contributed by atoms with Gasteiger partial charge in [0.05, 0.1) is 0 Å². The van der Waals surface area contributed by atoms with Crippen LogP contribution in [0, 0.1) is 30.6 Å². The fourth-order valence-corrected chi connectivity index (χ4v) is 9.74. The van der Waals surface area contributed by atoms with Crippen LogP contribution in [0.2, 0.25) is 0 Å². The first-order valence-corrected chi connectivity index (χ1v) is 28.0. The first kappa shape index (κ1) is 66.2. The normalized spacial score (nSPS) is 16.8. The summed E-state index contributed by atoms with van der Waals surface area (Å²) in [5.74, 6) is -5.00. The molecule has 78 heavy (non-hydrogen) atoms. The molecule has 0 unspecified atom stereocenters. The van der Waals surface area contributed by atoms with Gasteiger partial charge < -0.3 is 62.5 Å². The van der Waals surface area contributed by atoms with Crippen LogP contribution in [0.5, 0.6) is 0 Å². The van der Waals surface area contributed by atoms with E-state index in [0.717, 1.165) is 32.1 Å². The molecule has 1 saturated carbocycles. The zero-order valence-corrected chi connectivity index (χ0v) is 48.8. The van der Waals surface area contributed by atoms with Crippen LogP contribution in [0.1, 0.15) is 183 Å². The van der Waals surface area contributed by atoms with Crippen LogP contribution < -0.4 is 48.3 Å². The van der Waals surface area contributed by atoms with Crippen LogP contribution in [0.15, 0.2) is 10.7 Å². The van der Waals surface area contributed by atoms with Gasteiger partial charge in [0.1, 0.15) is 53.2 Å².